The zero-order valence-corrected chi connectivity index (χ0v) is 13.9. The number of hydrogen-bond acceptors (Lipinski definition) is 4. The average molecular weight is 323 g/mol. The van der Waals surface area contributed by atoms with Gasteiger partial charge in [-0.3, -0.25) is 4.79 Å². The van der Waals surface area contributed by atoms with Crippen LogP contribution in [-0.2, 0) is 9.53 Å². The summed E-state index contributed by atoms with van der Waals surface area (Å²) in [5.74, 6) is 1.89. The van der Waals surface area contributed by atoms with E-state index < -0.39 is 0 Å². The quantitative estimate of drug-likeness (QED) is 0.839. The molecule has 2 aliphatic heterocycles. The van der Waals surface area contributed by atoms with Crippen molar-refractivity contribution in [3.8, 4) is 0 Å². The predicted molar refractivity (Wildman–Crippen MR) is 86.8 cm³/mol. The molecule has 2 heterocycles. The first-order valence-electron chi connectivity index (χ1n) is 7.44. The number of ether oxygens (including phenoxy) is 1. The van der Waals surface area contributed by atoms with Gasteiger partial charge in [-0.25, -0.2) is 0 Å². The van der Waals surface area contributed by atoms with Gasteiger partial charge in [-0.15, -0.1) is 24.2 Å². The molecule has 2 saturated heterocycles. The largest absolute Gasteiger partial charge is 0.377 e. The first-order chi connectivity index (χ1) is 9.29. The Labute approximate surface area is 132 Å². The first kappa shape index (κ1) is 18.1. The molecule has 1 N–H and O–H groups in total. The van der Waals surface area contributed by atoms with Crippen LogP contribution in [0.2, 0.25) is 0 Å². The molecule has 6 heteroatoms. The Hall–Kier alpha value is 0.0300. The number of thioether (sulfide) groups is 1. The van der Waals surface area contributed by atoms with Crippen LogP contribution in [0.5, 0.6) is 0 Å². The number of rotatable bonds is 5. The number of halogens is 1. The number of nitrogens with one attached hydrogen (secondary N) is 1. The fraction of sp³-hybridized carbons (Fsp3) is 0.929. The van der Waals surface area contributed by atoms with Gasteiger partial charge in [0.15, 0.2) is 0 Å². The van der Waals surface area contributed by atoms with Crippen molar-refractivity contribution in [2.24, 2.45) is 0 Å². The average Bonchev–Trinajstić information content (AvgIpc) is 2.48. The van der Waals surface area contributed by atoms with Crippen molar-refractivity contribution < 1.29 is 9.53 Å². The summed E-state index contributed by atoms with van der Waals surface area (Å²) in [4.78, 5) is 14.1. The van der Waals surface area contributed by atoms with Crippen LogP contribution in [0.15, 0.2) is 0 Å². The lowest BCUT2D eigenvalue weighted by Gasteiger charge is -2.32. The van der Waals surface area contributed by atoms with Crippen LogP contribution in [0.4, 0.5) is 0 Å². The highest BCUT2D eigenvalue weighted by Gasteiger charge is 2.22. The van der Waals surface area contributed by atoms with Gasteiger partial charge in [-0.1, -0.05) is 0 Å². The summed E-state index contributed by atoms with van der Waals surface area (Å²) in [7, 11) is 2.00. The third kappa shape index (κ3) is 5.80. The van der Waals surface area contributed by atoms with Crippen LogP contribution in [0.1, 0.15) is 32.1 Å². The summed E-state index contributed by atoms with van der Waals surface area (Å²) in [6.45, 7) is 2.71. The summed E-state index contributed by atoms with van der Waals surface area (Å²) >= 11 is 1.74. The number of likely N-dealkylation sites (tertiary alicyclic amines) is 1. The molecule has 1 amide bonds. The lowest BCUT2D eigenvalue weighted by atomic mass is 10.1. The Morgan fingerprint density at radius 3 is 2.65 bits per heavy atom. The molecule has 0 saturated carbocycles. The Bertz CT molecular complexity index is 280. The third-order valence-corrected chi connectivity index (χ3v) is 5.12. The second-order valence-corrected chi connectivity index (χ2v) is 6.48. The minimum absolute atomic E-state index is 0. The van der Waals surface area contributed by atoms with Gasteiger partial charge in [-0.2, -0.15) is 0 Å². The van der Waals surface area contributed by atoms with E-state index in [-0.39, 0.29) is 12.4 Å². The van der Waals surface area contributed by atoms with Crippen molar-refractivity contribution >= 4 is 30.1 Å². The van der Waals surface area contributed by atoms with E-state index in [9.17, 15) is 4.79 Å². The van der Waals surface area contributed by atoms with E-state index in [0.717, 1.165) is 44.7 Å². The smallest absolute Gasteiger partial charge is 0.232 e. The molecule has 1 atom stereocenters. The number of carbonyl (C=O) groups is 1. The van der Waals surface area contributed by atoms with Crippen molar-refractivity contribution in [1.29, 1.82) is 0 Å². The highest BCUT2D eigenvalue weighted by molar-refractivity contribution is 7.99. The van der Waals surface area contributed by atoms with Crippen molar-refractivity contribution in [1.82, 2.24) is 10.2 Å². The number of hydrogen-bond donors (Lipinski definition) is 1. The van der Waals surface area contributed by atoms with Crippen LogP contribution < -0.4 is 5.32 Å². The Balaban J connectivity index is 0.00000200. The zero-order valence-electron chi connectivity index (χ0n) is 12.3. The molecule has 0 aromatic heterocycles. The van der Waals surface area contributed by atoms with Crippen molar-refractivity contribution in [3.63, 3.8) is 0 Å². The third-order valence-electron chi connectivity index (χ3n) is 4.06. The second kappa shape index (κ2) is 9.87. The van der Waals surface area contributed by atoms with E-state index in [4.69, 9.17) is 4.74 Å². The van der Waals surface area contributed by atoms with E-state index in [1.807, 2.05) is 11.9 Å². The van der Waals surface area contributed by atoms with Gasteiger partial charge < -0.3 is 15.0 Å². The molecular weight excluding hydrogens is 296 g/mol. The van der Waals surface area contributed by atoms with Crippen LogP contribution in [0.3, 0.4) is 0 Å². The number of nitrogens with zero attached hydrogens (tertiary/aromatic N) is 1. The molecule has 0 aromatic rings. The Morgan fingerprint density at radius 2 is 2.05 bits per heavy atom. The molecule has 118 valence electrons. The van der Waals surface area contributed by atoms with Crippen LogP contribution in [0, 0.1) is 0 Å². The summed E-state index contributed by atoms with van der Waals surface area (Å²) in [6, 6.07) is 0.590. The van der Waals surface area contributed by atoms with Crippen molar-refractivity contribution in [2.45, 2.75) is 44.2 Å². The summed E-state index contributed by atoms with van der Waals surface area (Å²) in [5, 5.41) is 3.29. The Morgan fingerprint density at radius 1 is 1.30 bits per heavy atom. The molecule has 20 heavy (non-hydrogen) atoms. The topological polar surface area (TPSA) is 41.6 Å². The molecule has 2 fully saturated rings. The molecule has 2 rings (SSSR count). The van der Waals surface area contributed by atoms with Gasteiger partial charge in [0.25, 0.3) is 0 Å². The molecule has 0 aromatic carbocycles. The number of carbonyl (C=O) groups excluding carboxylic acids is 1. The van der Waals surface area contributed by atoms with E-state index in [0.29, 0.717) is 23.8 Å². The number of amides is 1. The van der Waals surface area contributed by atoms with Crippen molar-refractivity contribution in [3.05, 3.63) is 0 Å². The minimum Gasteiger partial charge on any atom is -0.377 e. The van der Waals surface area contributed by atoms with Gasteiger partial charge >= 0.3 is 0 Å². The second-order valence-electron chi connectivity index (χ2n) is 5.45. The van der Waals surface area contributed by atoms with Gasteiger partial charge in [0.2, 0.25) is 5.91 Å². The van der Waals surface area contributed by atoms with E-state index in [1.54, 1.807) is 11.8 Å². The highest BCUT2D eigenvalue weighted by atomic mass is 35.5. The van der Waals surface area contributed by atoms with Gasteiger partial charge in [0.05, 0.1) is 11.9 Å². The van der Waals surface area contributed by atoms with Gasteiger partial charge in [0, 0.05) is 31.5 Å². The molecule has 0 spiro atoms. The van der Waals surface area contributed by atoms with E-state index in [2.05, 4.69) is 5.32 Å². The standard InChI is InChI=1S/C14H26N2O2S.ClH/c1-15-12-5-7-16(8-6-12)14(17)11-19-10-13-4-2-3-9-18-13;/h12-13,15H,2-11H2,1H3;1H. The molecule has 1 unspecified atom stereocenters. The van der Waals surface area contributed by atoms with Crippen LogP contribution >= 0.6 is 24.2 Å². The zero-order chi connectivity index (χ0) is 13.5. The fourth-order valence-corrected chi connectivity index (χ4v) is 3.73. The van der Waals surface area contributed by atoms with Crippen LogP contribution in [-0.4, -0.2) is 61.2 Å². The molecular formula is C14H27ClN2O2S. The molecule has 2 aliphatic rings. The monoisotopic (exact) mass is 322 g/mol. The maximum Gasteiger partial charge on any atom is 0.232 e. The van der Waals surface area contributed by atoms with E-state index >= 15 is 0 Å². The van der Waals surface area contributed by atoms with Crippen molar-refractivity contribution in [2.75, 3.05) is 38.2 Å². The first-order valence-corrected chi connectivity index (χ1v) is 8.59. The molecule has 0 aliphatic carbocycles. The predicted octanol–water partition coefficient (Wildman–Crippen LogP) is 1.92. The Kier molecular flexibility index (Phi) is 8.93. The molecule has 0 bridgehead atoms. The van der Waals surface area contributed by atoms with Gasteiger partial charge in [-0.05, 0) is 39.2 Å². The van der Waals surface area contributed by atoms with Crippen LogP contribution in [0.25, 0.3) is 0 Å². The molecule has 0 radical (unpaired) electrons. The normalized spacial score (nSPS) is 24.2. The summed E-state index contributed by atoms with van der Waals surface area (Å²) in [5.41, 5.74) is 0. The lowest BCUT2D eigenvalue weighted by Crippen LogP contribution is -2.44. The maximum atomic E-state index is 12.1. The van der Waals surface area contributed by atoms with Gasteiger partial charge in [0.1, 0.15) is 0 Å². The summed E-state index contributed by atoms with van der Waals surface area (Å²) in [6.07, 6.45) is 6.17. The summed E-state index contributed by atoms with van der Waals surface area (Å²) < 4.78 is 5.68. The van der Waals surface area contributed by atoms with E-state index in [1.165, 1.54) is 12.8 Å². The lowest BCUT2D eigenvalue weighted by molar-refractivity contribution is -0.129. The highest BCUT2D eigenvalue weighted by Crippen LogP contribution is 2.18. The SMILES string of the molecule is CNC1CCN(C(=O)CSCC2CCCCO2)CC1.Cl. The maximum absolute atomic E-state index is 12.1. The number of piperidine rings is 1. The minimum atomic E-state index is 0. The fourth-order valence-electron chi connectivity index (χ4n) is 2.73. The molecule has 4 nitrogen and oxygen atoms in total.